The van der Waals surface area contributed by atoms with Gasteiger partial charge in [-0.2, -0.15) is 0 Å². The van der Waals surface area contributed by atoms with Gasteiger partial charge in [0.25, 0.3) is 0 Å². The second kappa shape index (κ2) is 21.2. The lowest BCUT2D eigenvalue weighted by atomic mass is 9.71. The molecule has 1 aliphatic carbocycles. The maximum Gasteiger partial charge on any atom is 0.336 e. The molecule has 1 aliphatic heterocycles. The van der Waals surface area contributed by atoms with E-state index >= 15 is 4.79 Å². The van der Waals surface area contributed by atoms with E-state index in [2.05, 4.69) is 16.0 Å². The first-order valence-electron chi connectivity index (χ1n) is 23.1. The lowest BCUT2D eigenvalue weighted by Gasteiger charge is -2.39. The van der Waals surface area contributed by atoms with Crippen LogP contribution < -0.4 is 21.7 Å². The molecular weight excluding hydrogens is 856 g/mol. The quantitative estimate of drug-likeness (QED) is 0.0828. The number of allylic oxidation sites excluding steroid dienone is 2. The fourth-order valence-corrected chi connectivity index (χ4v) is 11.5. The molecule has 3 aromatic rings. The van der Waals surface area contributed by atoms with E-state index < -0.39 is 89.2 Å². The highest BCUT2D eigenvalue weighted by atomic mass is 31.2. The molecule has 1 spiro atoms. The zero-order valence-corrected chi connectivity index (χ0v) is 41.1. The van der Waals surface area contributed by atoms with E-state index in [9.17, 15) is 23.7 Å². The minimum Gasteiger partial charge on any atom is -0.460 e. The van der Waals surface area contributed by atoms with Gasteiger partial charge in [0.05, 0.1) is 36.1 Å². The molecule has 1 heterocycles. The van der Waals surface area contributed by atoms with Gasteiger partial charge in [0.15, 0.2) is 0 Å². The minimum absolute atomic E-state index is 0.0130. The number of nitrogens with two attached hydrogens (primary N) is 1. The van der Waals surface area contributed by atoms with Crippen molar-refractivity contribution in [1.29, 1.82) is 0 Å². The maximum atomic E-state index is 15.2. The maximum absolute atomic E-state index is 15.2. The van der Waals surface area contributed by atoms with Crippen molar-refractivity contribution >= 4 is 37.2 Å². The number of ether oxygens (including phenoxy) is 1. The second-order valence-corrected chi connectivity index (χ2v) is 22.7. The summed E-state index contributed by atoms with van der Waals surface area (Å²) >= 11 is 0. The van der Waals surface area contributed by atoms with Crippen LogP contribution in [0, 0.1) is 5.92 Å². The Hall–Kier alpha value is -5.10. The molecule has 14 heteroatoms. The summed E-state index contributed by atoms with van der Waals surface area (Å²) in [6, 6.07) is 25.5. The van der Waals surface area contributed by atoms with E-state index in [-0.39, 0.29) is 32.0 Å². The fourth-order valence-electron chi connectivity index (χ4n) is 8.98. The van der Waals surface area contributed by atoms with Gasteiger partial charge in [-0.1, -0.05) is 116 Å². The first kappa shape index (κ1) is 51.9. The van der Waals surface area contributed by atoms with Crippen molar-refractivity contribution in [2.45, 2.75) is 160 Å². The molecule has 66 heavy (non-hydrogen) atoms. The molecule has 0 radical (unpaired) electrons. The topological polar surface area (TPSA) is 192 Å². The summed E-state index contributed by atoms with van der Waals surface area (Å²) in [5, 5.41) is 9.00. The standard InChI is InChI=1S/C52H71N4O9P/c1-48(2,3)63-44(58)32-41-40(37-27-25-36(26-28-37)34-66(62,64-49(4,5)6)65-50(7,8)9)24-19-29-51(38-20-13-10-14-21-38,39-22-15-11-16-23-39)35-54-46(60)42(33-43(53)57)55-47(61)52(56-45(41)59)30-17-12-18-31-52/h10-11,13-16,19-28,40-42H,12,17-18,29-35H2,1-9H3,(H2,53,57)(H,54,60)(H,55,61)(H,56,59)/b24-19+/t40-,41+,42+/m1/s1. The molecule has 1 saturated carbocycles. The normalized spacial score (nSPS) is 21.6. The summed E-state index contributed by atoms with van der Waals surface area (Å²) in [6.07, 6.45) is 5.97. The highest BCUT2D eigenvalue weighted by Crippen LogP contribution is 2.57. The number of nitrogens with one attached hydrogen (secondary N) is 3. The molecule has 0 unspecified atom stereocenters. The number of benzene rings is 3. The largest absolute Gasteiger partial charge is 0.460 e. The van der Waals surface area contributed by atoms with Crippen molar-refractivity contribution in [3.8, 4) is 0 Å². The average Bonchev–Trinajstić information content (AvgIpc) is 3.21. The fraction of sp³-hybridized carbons (Fsp3) is 0.519. The van der Waals surface area contributed by atoms with Crippen molar-refractivity contribution in [2.24, 2.45) is 11.7 Å². The highest BCUT2D eigenvalue weighted by Gasteiger charge is 2.46. The molecule has 0 aromatic heterocycles. The Bertz CT molecular complexity index is 2180. The van der Waals surface area contributed by atoms with Gasteiger partial charge in [0.2, 0.25) is 23.6 Å². The van der Waals surface area contributed by atoms with Gasteiger partial charge >= 0.3 is 13.6 Å². The number of rotatable bonds is 11. The van der Waals surface area contributed by atoms with Crippen LogP contribution in [0.3, 0.4) is 0 Å². The van der Waals surface area contributed by atoms with E-state index in [0.29, 0.717) is 30.4 Å². The Labute approximate surface area is 391 Å². The van der Waals surface area contributed by atoms with Gasteiger partial charge in [0.1, 0.15) is 17.2 Å². The number of esters is 1. The zero-order chi connectivity index (χ0) is 48.6. The summed E-state index contributed by atoms with van der Waals surface area (Å²) in [6.45, 7) is 16.3. The Kier molecular flexibility index (Phi) is 16.7. The smallest absolute Gasteiger partial charge is 0.336 e. The van der Waals surface area contributed by atoms with Crippen molar-refractivity contribution in [2.75, 3.05) is 6.54 Å². The van der Waals surface area contributed by atoms with Gasteiger partial charge in [-0.3, -0.25) is 28.5 Å². The van der Waals surface area contributed by atoms with E-state index in [1.807, 2.05) is 139 Å². The van der Waals surface area contributed by atoms with Crippen LogP contribution in [0.5, 0.6) is 0 Å². The summed E-state index contributed by atoms with van der Waals surface area (Å²) in [7, 11) is -3.68. The Morgan fingerprint density at radius 1 is 0.727 bits per heavy atom. The third-order valence-electron chi connectivity index (χ3n) is 11.7. The Morgan fingerprint density at radius 2 is 1.27 bits per heavy atom. The van der Waals surface area contributed by atoms with Gasteiger partial charge in [-0.25, -0.2) is 0 Å². The monoisotopic (exact) mass is 926 g/mol. The van der Waals surface area contributed by atoms with E-state index in [0.717, 1.165) is 17.5 Å². The molecule has 5 N–H and O–H groups in total. The summed E-state index contributed by atoms with van der Waals surface area (Å²) < 4.78 is 32.4. The number of carbonyl (C=O) groups excluding carboxylic acids is 5. The van der Waals surface area contributed by atoms with Crippen LogP contribution in [0.25, 0.3) is 0 Å². The number of carbonyl (C=O) groups is 5. The van der Waals surface area contributed by atoms with Gasteiger partial charge in [0, 0.05) is 17.9 Å². The van der Waals surface area contributed by atoms with Gasteiger partial charge in [-0.15, -0.1) is 0 Å². The van der Waals surface area contributed by atoms with Crippen LogP contribution in [-0.2, 0) is 53.9 Å². The molecule has 0 saturated heterocycles. The predicted molar refractivity (Wildman–Crippen MR) is 256 cm³/mol. The zero-order valence-electron chi connectivity index (χ0n) is 40.2. The molecule has 1 fully saturated rings. The summed E-state index contributed by atoms with van der Waals surface area (Å²) in [5.74, 6) is -5.00. The second-order valence-electron chi connectivity index (χ2n) is 20.8. The Balaban J connectivity index is 1.72. The molecule has 0 bridgehead atoms. The van der Waals surface area contributed by atoms with Crippen molar-refractivity contribution in [3.05, 3.63) is 119 Å². The average molecular weight is 927 g/mol. The van der Waals surface area contributed by atoms with Crippen molar-refractivity contribution < 1.29 is 42.3 Å². The molecule has 3 aromatic carbocycles. The highest BCUT2D eigenvalue weighted by molar-refractivity contribution is 7.53. The van der Waals surface area contributed by atoms with Crippen LogP contribution in [0.4, 0.5) is 0 Å². The number of hydrogen-bond acceptors (Lipinski definition) is 9. The van der Waals surface area contributed by atoms with Gasteiger partial charge < -0.3 is 35.5 Å². The molecule has 2 aliphatic rings. The lowest BCUT2D eigenvalue weighted by Crippen LogP contribution is -2.64. The Morgan fingerprint density at radius 3 is 1.77 bits per heavy atom. The summed E-state index contributed by atoms with van der Waals surface area (Å²) in [4.78, 5) is 70.6. The number of amides is 4. The van der Waals surface area contributed by atoms with Gasteiger partial charge in [-0.05, 0) is 104 Å². The summed E-state index contributed by atoms with van der Waals surface area (Å²) in [5.41, 5.74) is 4.06. The van der Waals surface area contributed by atoms with Crippen LogP contribution in [-0.4, -0.2) is 64.5 Å². The van der Waals surface area contributed by atoms with Crippen LogP contribution >= 0.6 is 7.60 Å². The lowest BCUT2D eigenvalue weighted by molar-refractivity contribution is -0.157. The molecule has 3 atom stereocenters. The molecule has 358 valence electrons. The van der Waals surface area contributed by atoms with Crippen LogP contribution in [0.2, 0.25) is 0 Å². The van der Waals surface area contributed by atoms with E-state index in [1.54, 1.807) is 20.8 Å². The minimum atomic E-state index is -3.68. The van der Waals surface area contributed by atoms with Crippen LogP contribution in [0.15, 0.2) is 97.1 Å². The SMILES string of the molecule is CC(C)(C)OC(=O)C[C@@H]1C(=O)NC2(CCCCC2)C(=O)N[C@@H](CC(N)=O)C(=O)NCC(c2ccccc2)(c2ccccc2)C/C=C/[C@@H]1c1ccc(CP(=O)(OC(C)(C)C)OC(C)(C)C)cc1. The van der Waals surface area contributed by atoms with Crippen LogP contribution in [0.1, 0.15) is 142 Å². The molecule has 13 nitrogen and oxygen atoms in total. The van der Waals surface area contributed by atoms with Crippen molar-refractivity contribution in [1.82, 2.24) is 16.0 Å². The van der Waals surface area contributed by atoms with Crippen molar-refractivity contribution in [3.63, 3.8) is 0 Å². The van der Waals surface area contributed by atoms with E-state index in [1.165, 1.54) is 0 Å². The van der Waals surface area contributed by atoms with E-state index in [4.69, 9.17) is 19.5 Å². The predicted octanol–water partition coefficient (Wildman–Crippen LogP) is 8.68. The third kappa shape index (κ3) is 14.4. The first-order valence-corrected chi connectivity index (χ1v) is 24.8. The first-order chi connectivity index (χ1) is 30.8. The third-order valence-corrected chi connectivity index (χ3v) is 14.1. The number of hydrogen-bond donors (Lipinski definition) is 4. The number of primary amides is 1. The molecular formula is C52H71N4O9P. The molecule has 5 rings (SSSR count). The molecule has 4 amide bonds.